The Hall–Kier alpha value is -0.120. The van der Waals surface area contributed by atoms with Gasteiger partial charge in [-0.05, 0) is 40.2 Å². The lowest BCUT2D eigenvalue weighted by Gasteiger charge is -2.26. The van der Waals surface area contributed by atoms with Gasteiger partial charge in [0.05, 0.1) is 0 Å². The Morgan fingerprint density at radius 3 is 1.44 bits per heavy atom. The molecule has 0 aromatic carbocycles. The van der Waals surface area contributed by atoms with Crippen LogP contribution in [0.5, 0.6) is 0 Å². The third-order valence-electron chi connectivity index (χ3n) is 3.03. The summed E-state index contributed by atoms with van der Waals surface area (Å²) >= 11 is 0. The van der Waals surface area contributed by atoms with Gasteiger partial charge in [0.15, 0.2) is 0 Å². The van der Waals surface area contributed by atoms with Gasteiger partial charge >= 0.3 is 0 Å². The molecule has 0 aliphatic rings. The van der Waals surface area contributed by atoms with E-state index in [1.54, 1.807) is 0 Å². The van der Waals surface area contributed by atoms with Gasteiger partial charge in [0.25, 0.3) is 0 Å². The number of likely N-dealkylation sites (N-methyl/N-ethyl adjacent to an activating group) is 3. The fraction of sp³-hybridized carbons (Fsp3) is 1.00. The smallest absolute Gasteiger partial charge is 0.0110 e. The van der Waals surface area contributed by atoms with E-state index in [1.807, 2.05) is 0 Å². The van der Waals surface area contributed by atoms with Gasteiger partial charge in [0.2, 0.25) is 0 Å². The van der Waals surface area contributed by atoms with Crippen LogP contribution in [-0.2, 0) is 0 Å². The number of rotatable bonds is 10. The Bertz CT molecular complexity index is 148. The molecule has 0 rings (SSSR count). The molecule has 0 radical (unpaired) electrons. The standard InChI is InChI=1S/C13H31N3/c1-6-9-15(7-2)12-13-16(8-3)11-10-14(4)5/h6-13H2,1-5H3. The van der Waals surface area contributed by atoms with Crippen molar-refractivity contribution in [2.75, 3.05) is 59.9 Å². The molecule has 16 heavy (non-hydrogen) atoms. The predicted molar refractivity (Wildman–Crippen MR) is 73.1 cm³/mol. The molecular formula is C13H31N3. The van der Waals surface area contributed by atoms with Crippen molar-refractivity contribution in [3.8, 4) is 0 Å². The van der Waals surface area contributed by atoms with Gasteiger partial charge in [-0.25, -0.2) is 0 Å². The Morgan fingerprint density at radius 1 is 0.625 bits per heavy atom. The molecule has 0 aliphatic heterocycles. The first-order valence-corrected chi connectivity index (χ1v) is 6.73. The summed E-state index contributed by atoms with van der Waals surface area (Å²) in [5.74, 6) is 0. The van der Waals surface area contributed by atoms with Crippen LogP contribution < -0.4 is 0 Å². The predicted octanol–water partition coefficient (Wildman–Crippen LogP) is 1.60. The highest BCUT2D eigenvalue weighted by Crippen LogP contribution is 1.94. The molecule has 3 nitrogen and oxygen atoms in total. The molecule has 0 amide bonds. The molecule has 0 fully saturated rings. The zero-order chi connectivity index (χ0) is 12.4. The second-order valence-electron chi connectivity index (χ2n) is 4.67. The maximum Gasteiger partial charge on any atom is 0.0110 e. The third kappa shape index (κ3) is 8.08. The SMILES string of the molecule is CCCN(CC)CCN(CC)CCN(C)C. The second kappa shape index (κ2) is 10.1. The first kappa shape index (κ1) is 15.9. The molecule has 0 aliphatic carbocycles. The fourth-order valence-electron chi connectivity index (χ4n) is 1.80. The van der Waals surface area contributed by atoms with E-state index in [0.717, 1.165) is 13.1 Å². The van der Waals surface area contributed by atoms with Crippen molar-refractivity contribution < 1.29 is 0 Å². The van der Waals surface area contributed by atoms with Gasteiger partial charge < -0.3 is 14.7 Å². The highest BCUT2D eigenvalue weighted by Gasteiger charge is 2.06. The summed E-state index contributed by atoms with van der Waals surface area (Å²) in [7, 11) is 4.28. The summed E-state index contributed by atoms with van der Waals surface area (Å²) in [6.07, 6.45) is 1.26. The molecule has 0 unspecified atom stereocenters. The molecule has 0 bridgehead atoms. The minimum Gasteiger partial charge on any atom is -0.308 e. The van der Waals surface area contributed by atoms with Crippen LogP contribution in [0.15, 0.2) is 0 Å². The molecule has 0 aromatic heterocycles. The van der Waals surface area contributed by atoms with Crippen LogP contribution >= 0.6 is 0 Å². The zero-order valence-electron chi connectivity index (χ0n) is 12.0. The number of hydrogen-bond donors (Lipinski definition) is 0. The third-order valence-corrected chi connectivity index (χ3v) is 3.03. The van der Waals surface area contributed by atoms with Crippen LogP contribution in [0.2, 0.25) is 0 Å². The van der Waals surface area contributed by atoms with E-state index in [4.69, 9.17) is 0 Å². The van der Waals surface area contributed by atoms with E-state index < -0.39 is 0 Å². The van der Waals surface area contributed by atoms with Crippen molar-refractivity contribution in [3.05, 3.63) is 0 Å². The van der Waals surface area contributed by atoms with Gasteiger partial charge in [-0.3, -0.25) is 0 Å². The quantitative estimate of drug-likeness (QED) is 0.563. The number of hydrogen-bond acceptors (Lipinski definition) is 3. The van der Waals surface area contributed by atoms with Crippen molar-refractivity contribution in [1.29, 1.82) is 0 Å². The molecule has 0 N–H and O–H groups in total. The van der Waals surface area contributed by atoms with Gasteiger partial charge in [0.1, 0.15) is 0 Å². The van der Waals surface area contributed by atoms with Crippen LogP contribution in [0.4, 0.5) is 0 Å². The van der Waals surface area contributed by atoms with Gasteiger partial charge in [0, 0.05) is 26.2 Å². The van der Waals surface area contributed by atoms with Crippen LogP contribution in [-0.4, -0.2) is 74.6 Å². The van der Waals surface area contributed by atoms with Crippen molar-refractivity contribution >= 4 is 0 Å². The minimum atomic E-state index is 1.16. The average molecular weight is 229 g/mol. The summed E-state index contributed by atoms with van der Waals surface area (Å²) in [4.78, 5) is 7.34. The zero-order valence-corrected chi connectivity index (χ0v) is 12.0. The van der Waals surface area contributed by atoms with Crippen LogP contribution in [0.25, 0.3) is 0 Å². The van der Waals surface area contributed by atoms with Crippen LogP contribution in [0, 0.1) is 0 Å². The molecule has 0 atom stereocenters. The minimum absolute atomic E-state index is 1.16. The Morgan fingerprint density at radius 2 is 1.06 bits per heavy atom. The van der Waals surface area contributed by atoms with Crippen LogP contribution in [0.1, 0.15) is 27.2 Å². The summed E-state index contributed by atoms with van der Waals surface area (Å²) in [6, 6.07) is 0. The maximum absolute atomic E-state index is 2.54. The average Bonchev–Trinajstić information content (AvgIpc) is 2.27. The van der Waals surface area contributed by atoms with E-state index in [1.165, 1.54) is 39.1 Å². The highest BCUT2D eigenvalue weighted by molar-refractivity contribution is 4.62. The van der Waals surface area contributed by atoms with E-state index >= 15 is 0 Å². The summed E-state index contributed by atoms with van der Waals surface area (Å²) in [6.45, 7) is 15.1. The number of nitrogens with zero attached hydrogens (tertiary/aromatic N) is 3. The van der Waals surface area contributed by atoms with Crippen molar-refractivity contribution in [1.82, 2.24) is 14.7 Å². The van der Waals surface area contributed by atoms with E-state index in [-0.39, 0.29) is 0 Å². The molecule has 0 aromatic rings. The molecular weight excluding hydrogens is 198 g/mol. The van der Waals surface area contributed by atoms with E-state index in [9.17, 15) is 0 Å². The molecule has 0 spiro atoms. The summed E-state index contributed by atoms with van der Waals surface area (Å²) < 4.78 is 0. The second-order valence-corrected chi connectivity index (χ2v) is 4.67. The lowest BCUT2D eigenvalue weighted by atomic mass is 10.3. The largest absolute Gasteiger partial charge is 0.308 e. The molecule has 98 valence electrons. The Balaban J connectivity index is 3.74. The van der Waals surface area contributed by atoms with Crippen molar-refractivity contribution in [2.24, 2.45) is 0 Å². The monoisotopic (exact) mass is 229 g/mol. The van der Waals surface area contributed by atoms with Crippen molar-refractivity contribution in [2.45, 2.75) is 27.2 Å². The summed E-state index contributed by atoms with van der Waals surface area (Å²) in [5, 5.41) is 0. The maximum atomic E-state index is 2.54. The van der Waals surface area contributed by atoms with E-state index in [0.29, 0.717) is 0 Å². The Kier molecular flexibility index (Phi) is 9.99. The van der Waals surface area contributed by atoms with Gasteiger partial charge in [-0.2, -0.15) is 0 Å². The van der Waals surface area contributed by atoms with E-state index in [2.05, 4.69) is 49.6 Å². The topological polar surface area (TPSA) is 9.72 Å². The lowest BCUT2D eigenvalue weighted by molar-refractivity contribution is 0.201. The highest BCUT2D eigenvalue weighted by atomic mass is 15.2. The first-order valence-electron chi connectivity index (χ1n) is 6.73. The molecule has 0 heterocycles. The summed E-state index contributed by atoms with van der Waals surface area (Å²) in [5.41, 5.74) is 0. The van der Waals surface area contributed by atoms with Gasteiger partial charge in [-0.15, -0.1) is 0 Å². The Labute approximate surface area is 102 Å². The van der Waals surface area contributed by atoms with Crippen LogP contribution in [0.3, 0.4) is 0 Å². The normalized spacial score (nSPS) is 12.0. The van der Waals surface area contributed by atoms with Gasteiger partial charge in [-0.1, -0.05) is 20.8 Å². The fourth-order valence-corrected chi connectivity index (χ4v) is 1.80. The molecule has 0 saturated carbocycles. The first-order chi connectivity index (χ1) is 7.63. The van der Waals surface area contributed by atoms with Crippen molar-refractivity contribution in [3.63, 3.8) is 0 Å². The molecule has 3 heteroatoms. The lowest BCUT2D eigenvalue weighted by Crippen LogP contribution is -2.38. The molecule has 0 saturated heterocycles.